The molecular weight excluding hydrogens is 472 g/mol. The maximum Gasteiger partial charge on any atom is 0.416 e. The molecule has 0 aliphatic carbocycles. The second-order valence-electron chi connectivity index (χ2n) is 6.66. The summed E-state index contributed by atoms with van der Waals surface area (Å²) >= 11 is 12.1. The molecule has 0 radical (unpaired) electrons. The molecule has 32 heavy (non-hydrogen) atoms. The Morgan fingerprint density at radius 1 is 1.06 bits per heavy atom. The molecule has 1 aliphatic rings. The number of nitrogens with zero attached hydrogens (tertiary/aromatic N) is 1. The molecule has 0 aromatic heterocycles. The molecule has 0 spiro atoms. The predicted octanol–water partition coefficient (Wildman–Crippen LogP) is 5.47. The van der Waals surface area contributed by atoms with E-state index in [-0.39, 0.29) is 10.0 Å². The van der Waals surface area contributed by atoms with Crippen molar-refractivity contribution in [3.63, 3.8) is 0 Å². The summed E-state index contributed by atoms with van der Waals surface area (Å²) in [7, 11) is 0. The Hall–Kier alpha value is -3.04. The maximum absolute atomic E-state index is 13.1. The Balaban J connectivity index is 2.00. The molecule has 1 aliphatic heterocycles. The van der Waals surface area contributed by atoms with E-state index in [2.05, 4.69) is 0 Å². The lowest BCUT2D eigenvalue weighted by atomic mass is 10.1. The molecule has 11 heteroatoms. The molecule has 0 saturated carbocycles. The first-order valence-electron chi connectivity index (χ1n) is 9.23. The minimum atomic E-state index is -4.73. The van der Waals surface area contributed by atoms with Crippen molar-refractivity contribution in [1.29, 1.82) is 0 Å². The van der Waals surface area contributed by atoms with Gasteiger partial charge in [-0.1, -0.05) is 36.2 Å². The van der Waals surface area contributed by atoms with Crippen LogP contribution in [0.4, 0.5) is 23.7 Å². The number of rotatable bonds is 5. The highest BCUT2D eigenvalue weighted by molar-refractivity contribution is 6.42. The van der Waals surface area contributed by atoms with Crippen molar-refractivity contribution in [2.75, 3.05) is 11.5 Å². The summed E-state index contributed by atoms with van der Waals surface area (Å²) in [5.74, 6) is -1.74. The molecule has 4 amide bonds. The third-order valence-corrected chi connectivity index (χ3v) is 4.96. The molecular formula is C21H15Cl2F3N2O4. The van der Waals surface area contributed by atoms with Crippen LogP contribution in [0.15, 0.2) is 42.0 Å². The van der Waals surface area contributed by atoms with Crippen LogP contribution in [0.1, 0.15) is 24.5 Å². The van der Waals surface area contributed by atoms with Gasteiger partial charge in [0.1, 0.15) is 11.3 Å². The topological polar surface area (TPSA) is 75.7 Å². The van der Waals surface area contributed by atoms with E-state index in [4.69, 9.17) is 27.9 Å². The van der Waals surface area contributed by atoms with Gasteiger partial charge in [0.2, 0.25) is 0 Å². The van der Waals surface area contributed by atoms with Crippen LogP contribution < -0.4 is 15.0 Å². The Kier molecular flexibility index (Phi) is 6.80. The van der Waals surface area contributed by atoms with E-state index in [1.54, 1.807) is 6.07 Å². The van der Waals surface area contributed by atoms with Crippen LogP contribution in [-0.2, 0) is 15.8 Å². The van der Waals surface area contributed by atoms with Crippen molar-refractivity contribution in [2.24, 2.45) is 0 Å². The number of hydrogen-bond acceptors (Lipinski definition) is 4. The molecule has 6 nitrogen and oxygen atoms in total. The highest BCUT2D eigenvalue weighted by Crippen LogP contribution is 2.36. The van der Waals surface area contributed by atoms with Gasteiger partial charge in [0, 0.05) is 0 Å². The van der Waals surface area contributed by atoms with Crippen molar-refractivity contribution < 1.29 is 32.3 Å². The Labute approximate surface area is 190 Å². The molecule has 2 aromatic rings. The summed E-state index contributed by atoms with van der Waals surface area (Å²) in [6.07, 6.45) is -2.81. The maximum atomic E-state index is 13.1. The van der Waals surface area contributed by atoms with Crippen LogP contribution in [0, 0.1) is 0 Å². The number of hydrogen-bond donors (Lipinski definition) is 1. The van der Waals surface area contributed by atoms with Gasteiger partial charge in [0.05, 0.1) is 27.9 Å². The zero-order valence-corrected chi connectivity index (χ0v) is 17.9. The van der Waals surface area contributed by atoms with E-state index < -0.39 is 40.8 Å². The number of carbonyl (C=O) groups excluding carboxylic acids is 3. The average molecular weight is 487 g/mol. The minimum absolute atomic E-state index is 0.227. The number of carbonyl (C=O) groups is 3. The molecule has 168 valence electrons. The van der Waals surface area contributed by atoms with Gasteiger partial charge in [-0.25, -0.2) is 9.69 Å². The van der Waals surface area contributed by atoms with Crippen molar-refractivity contribution in [3.8, 4) is 5.75 Å². The van der Waals surface area contributed by atoms with Crippen molar-refractivity contribution >= 4 is 52.8 Å². The quantitative estimate of drug-likeness (QED) is 0.449. The third kappa shape index (κ3) is 4.89. The lowest BCUT2D eigenvalue weighted by Crippen LogP contribution is -2.54. The van der Waals surface area contributed by atoms with Crippen LogP contribution in [0.2, 0.25) is 10.0 Å². The van der Waals surface area contributed by atoms with Gasteiger partial charge < -0.3 is 4.74 Å². The number of benzene rings is 2. The largest absolute Gasteiger partial charge is 0.492 e. The number of nitrogens with one attached hydrogen (secondary N) is 1. The van der Waals surface area contributed by atoms with Gasteiger partial charge in [0.15, 0.2) is 0 Å². The molecule has 0 unspecified atom stereocenters. The third-order valence-electron chi connectivity index (χ3n) is 4.34. The summed E-state index contributed by atoms with van der Waals surface area (Å²) in [4.78, 5) is 37.9. The fraction of sp³-hybridized carbons (Fsp3) is 0.190. The smallest absolute Gasteiger partial charge is 0.416 e. The van der Waals surface area contributed by atoms with E-state index >= 15 is 0 Å². The van der Waals surface area contributed by atoms with Crippen LogP contribution in [0.5, 0.6) is 5.75 Å². The molecule has 1 saturated heterocycles. The van der Waals surface area contributed by atoms with Gasteiger partial charge in [-0.05, 0) is 48.4 Å². The number of barbiturate groups is 1. The number of alkyl halides is 3. The minimum Gasteiger partial charge on any atom is -0.492 e. The first-order chi connectivity index (χ1) is 15.0. The number of halogens is 5. The van der Waals surface area contributed by atoms with Crippen molar-refractivity contribution in [2.45, 2.75) is 19.5 Å². The summed E-state index contributed by atoms with van der Waals surface area (Å²) in [6.45, 7) is 2.36. The number of anilines is 1. The zero-order valence-electron chi connectivity index (χ0n) is 16.4. The molecule has 1 heterocycles. The Morgan fingerprint density at radius 2 is 1.78 bits per heavy atom. The molecule has 1 N–H and O–H groups in total. The second kappa shape index (κ2) is 9.22. The number of amides is 4. The van der Waals surface area contributed by atoms with Gasteiger partial charge in [-0.3, -0.25) is 14.9 Å². The second-order valence-corrected chi connectivity index (χ2v) is 7.47. The van der Waals surface area contributed by atoms with E-state index in [1.807, 2.05) is 12.2 Å². The highest BCUT2D eigenvalue weighted by atomic mass is 35.5. The van der Waals surface area contributed by atoms with Gasteiger partial charge >= 0.3 is 12.2 Å². The average Bonchev–Trinajstić information content (AvgIpc) is 2.71. The summed E-state index contributed by atoms with van der Waals surface area (Å²) in [5, 5.41) is 1.87. The first kappa shape index (κ1) is 23.6. The van der Waals surface area contributed by atoms with Crippen molar-refractivity contribution in [1.82, 2.24) is 5.32 Å². The molecule has 3 rings (SSSR count). The Morgan fingerprint density at radius 3 is 2.41 bits per heavy atom. The lowest BCUT2D eigenvalue weighted by molar-refractivity contribution is -0.137. The van der Waals surface area contributed by atoms with Crippen LogP contribution in [0.3, 0.4) is 0 Å². The standard InChI is InChI=1S/C21H15Cl2F3N2O4/c1-2-7-32-17-6-3-11(9-15(17)23)8-13-18(29)27-20(31)28(19(13)30)16-10-12(21(24,25)26)4-5-14(16)22/h3-6,8-10H,2,7H2,1H3,(H,27,29,31)/b13-8-. The summed E-state index contributed by atoms with van der Waals surface area (Å²) in [5.41, 5.74) is -1.78. The van der Waals surface area contributed by atoms with Crippen LogP contribution in [0.25, 0.3) is 6.08 Å². The van der Waals surface area contributed by atoms with E-state index in [0.717, 1.165) is 18.6 Å². The van der Waals surface area contributed by atoms with E-state index in [0.29, 0.717) is 35.0 Å². The SMILES string of the molecule is CCCOc1ccc(/C=C2/C(=O)NC(=O)N(c3cc(C(F)(F)F)ccc3Cl)C2=O)cc1Cl. The molecule has 0 bridgehead atoms. The lowest BCUT2D eigenvalue weighted by Gasteiger charge is -2.27. The van der Waals surface area contributed by atoms with Gasteiger partial charge in [-0.15, -0.1) is 0 Å². The zero-order chi connectivity index (χ0) is 23.6. The predicted molar refractivity (Wildman–Crippen MR) is 113 cm³/mol. The number of ether oxygens (including phenoxy) is 1. The van der Waals surface area contributed by atoms with Crippen LogP contribution >= 0.6 is 23.2 Å². The first-order valence-corrected chi connectivity index (χ1v) is 9.99. The van der Waals surface area contributed by atoms with E-state index in [9.17, 15) is 27.6 Å². The van der Waals surface area contributed by atoms with Gasteiger partial charge in [0.25, 0.3) is 11.8 Å². The molecule has 2 aromatic carbocycles. The van der Waals surface area contributed by atoms with Crippen molar-refractivity contribution in [3.05, 3.63) is 63.1 Å². The fourth-order valence-electron chi connectivity index (χ4n) is 2.84. The fourth-order valence-corrected chi connectivity index (χ4v) is 3.28. The summed E-state index contributed by atoms with van der Waals surface area (Å²) < 4.78 is 44.8. The highest BCUT2D eigenvalue weighted by Gasteiger charge is 2.39. The summed E-state index contributed by atoms with van der Waals surface area (Å²) in [6, 6.07) is 5.48. The van der Waals surface area contributed by atoms with Gasteiger partial charge in [-0.2, -0.15) is 13.2 Å². The normalized spacial score (nSPS) is 15.9. The molecule has 1 fully saturated rings. The number of urea groups is 1. The Bertz CT molecular complexity index is 1130. The van der Waals surface area contributed by atoms with Crippen LogP contribution in [-0.4, -0.2) is 24.5 Å². The number of imide groups is 2. The molecule has 0 atom stereocenters. The monoisotopic (exact) mass is 486 g/mol. The van der Waals surface area contributed by atoms with E-state index in [1.165, 1.54) is 12.1 Å².